The number of aromatic amines is 1. The van der Waals surface area contributed by atoms with Crippen molar-refractivity contribution in [1.29, 1.82) is 0 Å². The number of fused-ring (bicyclic) bond motifs is 1. The molecule has 2 N–H and O–H groups in total. The van der Waals surface area contributed by atoms with Gasteiger partial charge in [0.15, 0.2) is 5.58 Å². The minimum atomic E-state index is -3.76. The Labute approximate surface area is 113 Å². The van der Waals surface area contributed by atoms with E-state index in [1.54, 1.807) is 12.1 Å². The second-order valence-electron chi connectivity index (χ2n) is 4.02. The average molecular weight is 291 g/mol. The van der Waals surface area contributed by atoms with Gasteiger partial charge in [0.25, 0.3) is 10.0 Å². The summed E-state index contributed by atoms with van der Waals surface area (Å²) in [5.74, 6) is -0.630. The third-order valence-corrected chi connectivity index (χ3v) is 4.00. The molecule has 8 heteroatoms. The average Bonchev–Trinajstić information content (AvgIpc) is 2.78. The van der Waals surface area contributed by atoms with Gasteiger partial charge in [-0.15, -0.1) is 0 Å². The Kier molecular flexibility index (Phi) is 2.79. The lowest BCUT2D eigenvalue weighted by atomic mass is 10.3. The first-order valence-corrected chi connectivity index (χ1v) is 7.09. The highest BCUT2D eigenvalue weighted by atomic mass is 32.2. The molecule has 2 heterocycles. The zero-order valence-electron chi connectivity index (χ0n) is 10.0. The largest absolute Gasteiger partial charge is 0.417 e. The van der Waals surface area contributed by atoms with Gasteiger partial charge in [0.2, 0.25) is 0 Å². The second-order valence-corrected chi connectivity index (χ2v) is 5.70. The topological polar surface area (TPSA) is 105 Å². The highest BCUT2D eigenvalue weighted by molar-refractivity contribution is 7.92. The van der Waals surface area contributed by atoms with Gasteiger partial charge in [0.05, 0.1) is 22.3 Å². The highest BCUT2D eigenvalue weighted by Gasteiger charge is 2.16. The number of hydrogen-bond donors (Lipinski definition) is 2. The number of rotatable bonds is 3. The summed E-state index contributed by atoms with van der Waals surface area (Å²) in [6, 6.07) is 7.34. The molecule has 2 aromatic heterocycles. The predicted octanol–water partition coefficient (Wildman–Crippen LogP) is 1.32. The van der Waals surface area contributed by atoms with Gasteiger partial charge in [-0.05, 0) is 24.3 Å². The lowest BCUT2D eigenvalue weighted by molar-refractivity contribution is 0.554. The summed E-state index contributed by atoms with van der Waals surface area (Å²) in [5, 5.41) is 0. The Morgan fingerprint density at radius 2 is 2.10 bits per heavy atom. The Morgan fingerprint density at radius 1 is 1.25 bits per heavy atom. The molecule has 0 atom stereocenters. The van der Waals surface area contributed by atoms with Crippen molar-refractivity contribution in [2.75, 3.05) is 4.72 Å². The second kappa shape index (κ2) is 4.49. The fourth-order valence-electron chi connectivity index (χ4n) is 1.73. The van der Waals surface area contributed by atoms with Crippen LogP contribution in [0.2, 0.25) is 0 Å². The normalized spacial score (nSPS) is 11.6. The molecule has 0 aliphatic rings. The Bertz CT molecular complexity index is 913. The van der Waals surface area contributed by atoms with E-state index in [1.807, 2.05) is 0 Å². The number of pyridine rings is 1. The summed E-state index contributed by atoms with van der Waals surface area (Å²) in [5.41, 5.74) is 0.975. The first kappa shape index (κ1) is 12.4. The van der Waals surface area contributed by atoms with Crippen LogP contribution in [0.3, 0.4) is 0 Å². The van der Waals surface area contributed by atoms with Gasteiger partial charge in [0, 0.05) is 12.3 Å². The van der Waals surface area contributed by atoms with E-state index >= 15 is 0 Å². The Morgan fingerprint density at radius 3 is 2.85 bits per heavy atom. The van der Waals surface area contributed by atoms with E-state index in [0.717, 1.165) is 0 Å². The molecule has 7 nitrogen and oxygen atoms in total. The van der Waals surface area contributed by atoms with Crippen molar-refractivity contribution in [3.05, 3.63) is 53.3 Å². The van der Waals surface area contributed by atoms with Crippen molar-refractivity contribution >= 4 is 26.8 Å². The molecule has 0 saturated carbocycles. The van der Waals surface area contributed by atoms with Crippen LogP contribution in [0.25, 0.3) is 11.1 Å². The summed E-state index contributed by atoms with van der Waals surface area (Å²) >= 11 is 0. The van der Waals surface area contributed by atoms with E-state index in [0.29, 0.717) is 11.2 Å². The van der Waals surface area contributed by atoms with Crippen molar-refractivity contribution in [3.8, 4) is 0 Å². The molecule has 0 fully saturated rings. The Hall–Kier alpha value is -2.61. The molecule has 0 spiro atoms. The number of aromatic nitrogens is 2. The van der Waals surface area contributed by atoms with Crippen LogP contribution in [-0.4, -0.2) is 18.4 Å². The molecule has 0 amide bonds. The Balaban J connectivity index is 2.02. The zero-order chi connectivity index (χ0) is 14.2. The van der Waals surface area contributed by atoms with Crippen LogP contribution in [0.15, 0.2) is 56.8 Å². The van der Waals surface area contributed by atoms with Gasteiger partial charge in [-0.25, -0.2) is 13.2 Å². The molecule has 3 rings (SSSR count). The number of H-pyrrole nitrogens is 1. The molecule has 0 saturated heterocycles. The molecule has 0 aliphatic carbocycles. The lowest BCUT2D eigenvalue weighted by Crippen LogP contribution is -2.12. The minimum Gasteiger partial charge on any atom is -0.408 e. The van der Waals surface area contributed by atoms with Gasteiger partial charge in [-0.2, -0.15) is 0 Å². The monoisotopic (exact) mass is 291 g/mol. The zero-order valence-corrected chi connectivity index (χ0v) is 10.8. The summed E-state index contributed by atoms with van der Waals surface area (Å²) in [6.07, 6.45) is 2.94. The molecular formula is C12H9N3O4S. The van der Waals surface area contributed by atoms with Gasteiger partial charge in [-0.3, -0.25) is 14.7 Å². The van der Waals surface area contributed by atoms with Crippen molar-refractivity contribution in [2.45, 2.75) is 4.90 Å². The number of nitrogens with zero attached hydrogens (tertiary/aromatic N) is 1. The summed E-state index contributed by atoms with van der Waals surface area (Å²) in [4.78, 5) is 17.3. The standard InChI is InChI=1S/C12H9N3O4S/c16-12-14-10-4-3-9(6-11(10)19-12)20(17,18)15-8-2-1-5-13-7-8/h1-7,15H,(H,14,16). The lowest BCUT2D eigenvalue weighted by Gasteiger charge is -2.07. The van der Waals surface area contributed by atoms with Gasteiger partial charge < -0.3 is 4.42 Å². The van der Waals surface area contributed by atoms with E-state index in [9.17, 15) is 13.2 Å². The molecule has 0 aliphatic heterocycles. The van der Waals surface area contributed by atoms with Crippen LogP contribution in [0.1, 0.15) is 0 Å². The molecule has 0 bridgehead atoms. The maximum atomic E-state index is 12.2. The third kappa shape index (κ3) is 2.28. The third-order valence-electron chi connectivity index (χ3n) is 2.62. The van der Waals surface area contributed by atoms with Crippen molar-refractivity contribution in [3.63, 3.8) is 0 Å². The number of anilines is 1. The van der Waals surface area contributed by atoms with Crippen LogP contribution in [0, 0.1) is 0 Å². The number of nitrogens with one attached hydrogen (secondary N) is 2. The smallest absolute Gasteiger partial charge is 0.408 e. The van der Waals surface area contributed by atoms with Gasteiger partial charge in [-0.1, -0.05) is 0 Å². The SMILES string of the molecule is O=c1[nH]c2ccc(S(=O)(=O)Nc3cccnc3)cc2o1. The maximum Gasteiger partial charge on any atom is 0.417 e. The molecular weight excluding hydrogens is 282 g/mol. The highest BCUT2D eigenvalue weighted by Crippen LogP contribution is 2.19. The molecule has 0 unspecified atom stereocenters. The number of hydrogen-bond acceptors (Lipinski definition) is 5. The van der Waals surface area contributed by atoms with E-state index in [1.165, 1.54) is 30.6 Å². The molecule has 0 radical (unpaired) electrons. The molecule has 3 aromatic rings. The van der Waals surface area contributed by atoms with Gasteiger partial charge >= 0.3 is 5.76 Å². The van der Waals surface area contributed by atoms with E-state index in [4.69, 9.17) is 4.42 Å². The minimum absolute atomic E-state index is 0.00315. The van der Waals surface area contributed by atoms with E-state index in [-0.39, 0.29) is 10.5 Å². The molecule has 102 valence electrons. The van der Waals surface area contributed by atoms with Crippen LogP contribution in [-0.2, 0) is 10.0 Å². The van der Waals surface area contributed by atoms with E-state index in [2.05, 4.69) is 14.7 Å². The number of sulfonamides is 1. The first-order chi connectivity index (χ1) is 9.54. The molecule has 20 heavy (non-hydrogen) atoms. The fraction of sp³-hybridized carbons (Fsp3) is 0. The first-order valence-electron chi connectivity index (χ1n) is 5.60. The van der Waals surface area contributed by atoms with E-state index < -0.39 is 15.8 Å². The van der Waals surface area contributed by atoms with Crippen molar-refractivity contribution < 1.29 is 12.8 Å². The van der Waals surface area contributed by atoms with Crippen LogP contribution in [0.4, 0.5) is 5.69 Å². The summed E-state index contributed by atoms with van der Waals surface area (Å²) < 4.78 is 31.6. The van der Waals surface area contributed by atoms with Crippen LogP contribution < -0.4 is 10.5 Å². The number of oxazole rings is 1. The van der Waals surface area contributed by atoms with Crippen molar-refractivity contribution in [1.82, 2.24) is 9.97 Å². The van der Waals surface area contributed by atoms with Gasteiger partial charge in [0.1, 0.15) is 0 Å². The van der Waals surface area contributed by atoms with Crippen molar-refractivity contribution in [2.24, 2.45) is 0 Å². The fourth-order valence-corrected chi connectivity index (χ4v) is 2.79. The molecule has 1 aromatic carbocycles. The summed E-state index contributed by atoms with van der Waals surface area (Å²) in [7, 11) is -3.76. The van der Waals surface area contributed by atoms with Crippen LogP contribution in [0.5, 0.6) is 0 Å². The summed E-state index contributed by atoms with van der Waals surface area (Å²) in [6.45, 7) is 0. The quantitative estimate of drug-likeness (QED) is 0.757. The maximum absolute atomic E-state index is 12.2. The predicted molar refractivity (Wildman–Crippen MR) is 71.9 cm³/mol. The number of benzene rings is 1. The van der Waals surface area contributed by atoms with Crippen LogP contribution >= 0.6 is 0 Å².